The molecule has 126 valence electrons. The number of methoxy groups -OCH3 is 1. The van der Waals surface area contributed by atoms with Gasteiger partial charge in [0.1, 0.15) is 5.75 Å². The van der Waals surface area contributed by atoms with E-state index in [9.17, 15) is 14.7 Å². The summed E-state index contributed by atoms with van der Waals surface area (Å²) in [6.07, 6.45) is 0.496. The number of amides is 1. The van der Waals surface area contributed by atoms with Crippen molar-refractivity contribution in [2.45, 2.75) is 13.3 Å². The molecule has 1 N–H and O–H groups in total. The summed E-state index contributed by atoms with van der Waals surface area (Å²) in [7, 11) is 1.61. The fraction of sp³-hybridized carbons (Fsp3) is 0.368. The van der Waals surface area contributed by atoms with Crippen LogP contribution < -0.4 is 4.74 Å². The zero-order chi connectivity index (χ0) is 17.3. The molecule has 0 aliphatic carbocycles. The standard InChI is InChI=1S/C19H21NO4/c1-12-11-20(10-9-13(12)19(22)23)18(21)16-7-8-17(24-2)15-6-4-3-5-14(15)16/h3-8,12-13H,9-11H2,1-2H3,(H,22,23). The fourth-order valence-electron chi connectivity index (χ4n) is 3.50. The first-order valence-corrected chi connectivity index (χ1v) is 8.10. The van der Waals surface area contributed by atoms with Crippen LogP contribution in [-0.2, 0) is 4.79 Å². The highest BCUT2D eigenvalue weighted by molar-refractivity contribution is 6.08. The number of carbonyl (C=O) groups is 2. The van der Waals surface area contributed by atoms with Crippen molar-refractivity contribution in [1.29, 1.82) is 0 Å². The number of benzene rings is 2. The van der Waals surface area contributed by atoms with Crippen LogP contribution in [0, 0.1) is 11.8 Å². The first kappa shape index (κ1) is 16.3. The highest BCUT2D eigenvalue weighted by Gasteiger charge is 2.33. The fourth-order valence-corrected chi connectivity index (χ4v) is 3.50. The number of nitrogens with zero attached hydrogens (tertiary/aromatic N) is 1. The van der Waals surface area contributed by atoms with Crippen molar-refractivity contribution < 1.29 is 19.4 Å². The Bertz CT molecular complexity index is 786. The van der Waals surface area contributed by atoms with E-state index in [2.05, 4.69) is 0 Å². The average Bonchev–Trinajstić information content (AvgIpc) is 2.59. The SMILES string of the molecule is COc1ccc(C(=O)N2CCC(C(=O)O)C(C)C2)c2ccccc12. The molecule has 1 aliphatic heterocycles. The molecule has 0 spiro atoms. The first-order valence-electron chi connectivity index (χ1n) is 8.10. The molecule has 1 saturated heterocycles. The number of aliphatic carboxylic acids is 1. The number of piperidine rings is 1. The number of carbonyl (C=O) groups excluding carboxylic acids is 1. The minimum absolute atomic E-state index is 0.0512. The van der Waals surface area contributed by atoms with Gasteiger partial charge in [0.2, 0.25) is 0 Å². The lowest BCUT2D eigenvalue weighted by molar-refractivity contribution is -0.145. The van der Waals surface area contributed by atoms with Gasteiger partial charge in [0, 0.05) is 24.0 Å². The summed E-state index contributed by atoms with van der Waals surface area (Å²) in [4.78, 5) is 26.0. The summed E-state index contributed by atoms with van der Waals surface area (Å²) >= 11 is 0. The Labute approximate surface area is 140 Å². The molecule has 1 heterocycles. The molecule has 2 atom stereocenters. The average molecular weight is 327 g/mol. The van der Waals surface area contributed by atoms with E-state index in [4.69, 9.17) is 4.74 Å². The van der Waals surface area contributed by atoms with Gasteiger partial charge in [-0.25, -0.2) is 0 Å². The highest BCUT2D eigenvalue weighted by atomic mass is 16.5. The van der Waals surface area contributed by atoms with Crippen molar-refractivity contribution >= 4 is 22.6 Å². The summed E-state index contributed by atoms with van der Waals surface area (Å²) in [5.41, 5.74) is 0.632. The lowest BCUT2D eigenvalue weighted by atomic mass is 9.86. The lowest BCUT2D eigenvalue weighted by Crippen LogP contribution is -2.45. The molecule has 3 rings (SSSR count). The highest BCUT2D eigenvalue weighted by Crippen LogP contribution is 2.31. The smallest absolute Gasteiger partial charge is 0.306 e. The molecule has 0 radical (unpaired) electrons. The zero-order valence-electron chi connectivity index (χ0n) is 13.9. The van der Waals surface area contributed by atoms with Crippen LogP contribution in [0.5, 0.6) is 5.75 Å². The minimum Gasteiger partial charge on any atom is -0.496 e. The molecule has 1 aliphatic rings. The van der Waals surface area contributed by atoms with Gasteiger partial charge in [-0.15, -0.1) is 0 Å². The molecule has 5 nitrogen and oxygen atoms in total. The van der Waals surface area contributed by atoms with Gasteiger partial charge in [-0.1, -0.05) is 31.2 Å². The molecule has 24 heavy (non-hydrogen) atoms. The van der Waals surface area contributed by atoms with Crippen LogP contribution in [-0.4, -0.2) is 42.1 Å². The molecular weight excluding hydrogens is 306 g/mol. The van der Waals surface area contributed by atoms with Crippen molar-refractivity contribution in [3.8, 4) is 5.75 Å². The first-order chi connectivity index (χ1) is 11.5. The summed E-state index contributed by atoms with van der Waals surface area (Å²) in [5, 5.41) is 11.0. The Morgan fingerprint density at radius 3 is 2.50 bits per heavy atom. The number of carboxylic acid groups (broad SMARTS) is 1. The van der Waals surface area contributed by atoms with Crippen LogP contribution in [0.1, 0.15) is 23.7 Å². The number of likely N-dealkylation sites (tertiary alicyclic amines) is 1. The maximum atomic E-state index is 13.0. The Balaban J connectivity index is 1.91. The maximum absolute atomic E-state index is 13.0. The van der Waals surface area contributed by atoms with Crippen molar-refractivity contribution in [3.63, 3.8) is 0 Å². The third-order valence-corrected chi connectivity index (χ3v) is 4.84. The molecule has 0 bridgehead atoms. The van der Waals surface area contributed by atoms with Crippen LogP contribution in [0.25, 0.3) is 10.8 Å². The van der Waals surface area contributed by atoms with Gasteiger partial charge in [0.05, 0.1) is 13.0 Å². The van der Waals surface area contributed by atoms with E-state index < -0.39 is 5.97 Å². The Kier molecular flexibility index (Phi) is 4.42. The number of rotatable bonds is 3. The molecule has 1 fully saturated rings. The molecule has 2 aromatic carbocycles. The van der Waals surface area contributed by atoms with Crippen LogP contribution in [0.3, 0.4) is 0 Å². The van der Waals surface area contributed by atoms with E-state index in [0.29, 0.717) is 25.1 Å². The number of hydrogen-bond acceptors (Lipinski definition) is 3. The van der Waals surface area contributed by atoms with Crippen LogP contribution >= 0.6 is 0 Å². The topological polar surface area (TPSA) is 66.8 Å². The molecule has 0 aromatic heterocycles. The Hall–Kier alpha value is -2.56. The van der Waals surface area contributed by atoms with Gasteiger partial charge in [-0.2, -0.15) is 0 Å². The second-order valence-electron chi connectivity index (χ2n) is 6.32. The molecule has 5 heteroatoms. The summed E-state index contributed by atoms with van der Waals surface area (Å²) < 4.78 is 5.37. The van der Waals surface area contributed by atoms with E-state index in [0.717, 1.165) is 16.5 Å². The molecule has 0 saturated carbocycles. The number of fused-ring (bicyclic) bond motifs is 1. The van der Waals surface area contributed by atoms with Crippen LogP contribution in [0.4, 0.5) is 0 Å². The van der Waals surface area contributed by atoms with Crippen molar-refractivity contribution in [1.82, 2.24) is 4.90 Å². The predicted octanol–water partition coefficient (Wildman–Crippen LogP) is 3.03. The van der Waals surface area contributed by atoms with Gasteiger partial charge in [-0.05, 0) is 29.9 Å². The molecular formula is C19H21NO4. The lowest BCUT2D eigenvalue weighted by Gasteiger charge is -2.35. The van der Waals surface area contributed by atoms with E-state index in [-0.39, 0.29) is 17.7 Å². The summed E-state index contributed by atoms with van der Waals surface area (Å²) in [5.74, 6) is -0.513. The van der Waals surface area contributed by atoms with Crippen molar-refractivity contribution in [2.24, 2.45) is 11.8 Å². The minimum atomic E-state index is -0.774. The van der Waals surface area contributed by atoms with Crippen LogP contribution in [0.15, 0.2) is 36.4 Å². The third kappa shape index (κ3) is 2.82. The van der Waals surface area contributed by atoms with Gasteiger partial charge in [0.25, 0.3) is 5.91 Å². The third-order valence-electron chi connectivity index (χ3n) is 4.84. The monoisotopic (exact) mass is 327 g/mol. The molecule has 2 unspecified atom stereocenters. The van der Waals surface area contributed by atoms with Crippen molar-refractivity contribution in [3.05, 3.63) is 42.0 Å². The second-order valence-corrected chi connectivity index (χ2v) is 6.32. The largest absolute Gasteiger partial charge is 0.496 e. The number of carboxylic acids is 1. The normalized spacial score (nSPS) is 20.8. The van der Waals surface area contributed by atoms with E-state index in [1.807, 2.05) is 37.3 Å². The predicted molar refractivity (Wildman–Crippen MR) is 91.3 cm³/mol. The quantitative estimate of drug-likeness (QED) is 0.941. The van der Waals surface area contributed by atoms with Gasteiger partial charge in [0.15, 0.2) is 0 Å². The second kappa shape index (κ2) is 6.51. The van der Waals surface area contributed by atoms with Gasteiger partial charge >= 0.3 is 5.97 Å². The van der Waals surface area contributed by atoms with Crippen LogP contribution in [0.2, 0.25) is 0 Å². The van der Waals surface area contributed by atoms with Gasteiger partial charge < -0.3 is 14.7 Å². The zero-order valence-corrected chi connectivity index (χ0v) is 13.9. The number of ether oxygens (including phenoxy) is 1. The Morgan fingerprint density at radius 2 is 1.88 bits per heavy atom. The maximum Gasteiger partial charge on any atom is 0.306 e. The van der Waals surface area contributed by atoms with Crippen molar-refractivity contribution in [2.75, 3.05) is 20.2 Å². The molecule has 1 amide bonds. The summed E-state index contributed by atoms with van der Waals surface area (Å²) in [6.45, 7) is 2.83. The van der Waals surface area contributed by atoms with E-state index in [1.54, 1.807) is 18.1 Å². The summed E-state index contributed by atoms with van der Waals surface area (Å²) in [6, 6.07) is 11.3. The van der Waals surface area contributed by atoms with Gasteiger partial charge in [-0.3, -0.25) is 9.59 Å². The number of hydrogen-bond donors (Lipinski definition) is 1. The van der Waals surface area contributed by atoms with E-state index >= 15 is 0 Å². The molecule has 2 aromatic rings. The van der Waals surface area contributed by atoms with E-state index in [1.165, 1.54) is 0 Å². The Morgan fingerprint density at radius 1 is 1.17 bits per heavy atom.